The number of carbonyl (C=O) groups excluding carboxylic acids is 6. The number of unbranched alkanes of at least 4 members (excludes halogenated alkanes) is 1. The highest BCUT2D eigenvalue weighted by Gasteiger charge is 2.50. The lowest BCUT2D eigenvalue weighted by atomic mass is 9.86. The van der Waals surface area contributed by atoms with E-state index in [9.17, 15) is 28.8 Å². The number of esters is 1. The van der Waals surface area contributed by atoms with Crippen LogP contribution in [-0.4, -0.2) is 83.2 Å². The zero-order chi connectivity index (χ0) is 33.1. The van der Waals surface area contributed by atoms with Gasteiger partial charge in [0.2, 0.25) is 11.8 Å². The van der Waals surface area contributed by atoms with E-state index in [1.165, 1.54) is 11.9 Å². The predicted octanol–water partition coefficient (Wildman–Crippen LogP) is 3.88. The molecule has 0 spiro atoms. The zero-order valence-corrected chi connectivity index (χ0v) is 27.9. The molecule has 0 aliphatic carbocycles. The molecule has 0 bridgehead atoms. The lowest BCUT2D eigenvalue weighted by Gasteiger charge is -2.22. The van der Waals surface area contributed by atoms with Gasteiger partial charge in [0, 0.05) is 49.3 Å². The fourth-order valence-electron chi connectivity index (χ4n) is 5.44. The van der Waals surface area contributed by atoms with E-state index < -0.39 is 5.97 Å². The topological polar surface area (TPSA) is 151 Å². The van der Waals surface area contributed by atoms with E-state index in [0.717, 1.165) is 18.4 Å². The Hall–Kier alpha value is -3.41. The van der Waals surface area contributed by atoms with Crippen LogP contribution in [0.5, 0.6) is 0 Å². The number of rotatable bonds is 16. The maximum absolute atomic E-state index is 13.3. The maximum atomic E-state index is 13.3. The van der Waals surface area contributed by atoms with Gasteiger partial charge in [-0.05, 0) is 42.4 Å². The monoisotopic (exact) mass is 644 g/mol. The first-order chi connectivity index (χ1) is 21.3. The van der Waals surface area contributed by atoms with Crippen molar-refractivity contribution in [3.63, 3.8) is 0 Å². The largest absolute Gasteiger partial charge is 0.463 e. The quantitative estimate of drug-likeness (QED) is 0.139. The van der Waals surface area contributed by atoms with Gasteiger partial charge in [0.1, 0.15) is 12.4 Å². The van der Waals surface area contributed by atoms with Crippen LogP contribution in [0.2, 0.25) is 0 Å². The molecule has 0 saturated carbocycles. The molecule has 248 valence electrons. The van der Waals surface area contributed by atoms with Crippen LogP contribution in [0.4, 0.5) is 4.79 Å². The lowest BCUT2D eigenvalue weighted by Crippen LogP contribution is -2.41. The summed E-state index contributed by atoms with van der Waals surface area (Å²) >= 11 is 1.75. The first kappa shape index (κ1) is 36.1. The molecule has 0 radical (unpaired) electrons. The summed E-state index contributed by atoms with van der Waals surface area (Å²) in [4.78, 5) is 75.3. The summed E-state index contributed by atoms with van der Waals surface area (Å²) in [6, 6.07) is 6.46. The Balaban J connectivity index is 1.34. The average Bonchev–Trinajstić information content (AvgIpc) is 3.55. The van der Waals surface area contributed by atoms with Gasteiger partial charge in [0.15, 0.2) is 0 Å². The minimum atomic E-state index is -0.504. The number of ketones is 1. The Morgan fingerprint density at radius 3 is 2.33 bits per heavy atom. The van der Waals surface area contributed by atoms with Crippen molar-refractivity contribution in [1.29, 1.82) is 0 Å². The second-order valence-corrected chi connectivity index (χ2v) is 14.0. The van der Waals surface area contributed by atoms with Gasteiger partial charge < -0.3 is 20.7 Å². The summed E-state index contributed by atoms with van der Waals surface area (Å²) in [6.07, 6.45) is 3.47. The number of hydrogen-bond acceptors (Lipinski definition) is 8. The van der Waals surface area contributed by atoms with Crippen molar-refractivity contribution in [1.82, 2.24) is 20.9 Å². The van der Waals surface area contributed by atoms with E-state index in [1.807, 2.05) is 19.1 Å². The van der Waals surface area contributed by atoms with Gasteiger partial charge in [-0.25, -0.2) is 4.79 Å². The molecule has 1 aromatic carbocycles. The standard InChI is InChI=1S/C33H48N4O7S/c1-6-23(19-44-29(41)18-17-27(39)34-5)35-28(40)16-15-24(38)9-7-8-10-26-30-25(20-45-26)37(32(43)36-30)31(42)21-11-13-22(14-12-21)33(2,3)4/h11-14,23,25-26,30H,6-10,15-20H2,1-5H3,(H,34,39)(H,35,40)(H,36,43)/t23?,25-,26-,30-/m0/s1. The van der Waals surface area contributed by atoms with Crippen LogP contribution in [0.25, 0.3) is 0 Å². The first-order valence-electron chi connectivity index (χ1n) is 15.9. The average molecular weight is 645 g/mol. The molecule has 5 amide bonds. The number of amides is 5. The van der Waals surface area contributed by atoms with Crippen molar-refractivity contribution in [3.8, 4) is 0 Å². The molecule has 4 atom stereocenters. The summed E-state index contributed by atoms with van der Waals surface area (Å²) in [5.41, 5.74) is 1.60. The molecule has 1 aromatic rings. The van der Waals surface area contributed by atoms with E-state index >= 15 is 0 Å². The van der Waals surface area contributed by atoms with E-state index in [-0.39, 0.29) is 90.6 Å². The molecule has 2 saturated heterocycles. The van der Waals surface area contributed by atoms with Crippen molar-refractivity contribution in [2.24, 2.45) is 0 Å². The van der Waals surface area contributed by atoms with Crippen LogP contribution in [0.15, 0.2) is 24.3 Å². The smallest absolute Gasteiger partial charge is 0.325 e. The molecule has 11 nitrogen and oxygen atoms in total. The summed E-state index contributed by atoms with van der Waals surface area (Å²) in [5.74, 6) is -0.604. The number of Topliss-reactive ketones (excluding diaryl/α,β-unsaturated/α-hetero) is 1. The molecular weight excluding hydrogens is 596 g/mol. The van der Waals surface area contributed by atoms with Crippen molar-refractivity contribution < 1.29 is 33.5 Å². The number of benzene rings is 1. The summed E-state index contributed by atoms with van der Waals surface area (Å²) < 4.78 is 5.16. The number of nitrogens with zero attached hydrogens (tertiary/aromatic N) is 1. The van der Waals surface area contributed by atoms with E-state index in [0.29, 0.717) is 30.6 Å². The number of urea groups is 1. The third kappa shape index (κ3) is 10.6. The summed E-state index contributed by atoms with van der Waals surface area (Å²) in [7, 11) is 1.50. The number of nitrogens with one attached hydrogen (secondary N) is 3. The number of fused-ring (bicyclic) bond motifs is 1. The molecule has 2 heterocycles. The van der Waals surface area contributed by atoms with Gasteiger partial charge in [-0.15, -0.1) is 0 Å². The third-order valence-corrected chi connectivity index (χ3v) is 9.81. The highest BCUT2D eigenvalue weighted by atomic mass is 32.2. The Bertz CT molecular complexity index is 1230. The van der Waals surface area contributed by atoms with Crippen LogP contribution >= 0.6 is 11.8 Å². The van der Waals surface area contributed by atoms with E-state index in [1.54, 1.807) is 23.9 Å². The van der Waals surface area contributed by atoms with Gasteiger partial charge in [-0.2, -0.15) is 11.8 Å². The number of imide groups is 1. The van der Waals surface area contributed by atoms with Crippen molar-refractivity contribution in [2.45, 2.75) is 114 Å². The Morgan fingerprint density at radius 1 is 1.00 bits per heavy atom. The van der Waals surface area contributed by atoms with E-state index in [2.05, 4.69) is 36.7 Å². The maximum Gasteiger partial charge on any atom is 0.325 e. The second kappa shape index (κ2) is 16.8. The number of hydrogen-bond donors (Lipinski definition) is 3. The van der Waals surface area contributed by atoms with Crippen LogP contribution < -0.4 is 16.0 Å². The third-order valence-electron chi connectivity index (χ3n) is 8.32. The van der Waals surface area contributed by atoms with Gasteiger partial charge in [-0.1, -0.05) is 46.2 Å². The highest BCUT2D eigenvalue weighted by molar-refractivity contribution is 8.00. The molecule has 2 aliphatic rings. The van der Waals surface area contributed by atoms with Crippen LogP contribution in [0.1, 0.15) is 101 Å². The molecule has 2 fully saturated rings. The van der Waals surface area contributed by atoms with Gasteiger partial charge in [0.05, 0.1) is 24.5 Å². The van der Waals surface area contributed by atoms with Crippen LogP contribution in [0, 0.1) is 0 Å². The van der Waals surface area contributed by atoms with Crippen LogP contribution in [-0.2, 0) is 29.3 Å². The number of ether oxygens (including phenoxy) is 1. The predicted molar refractivity (Wildman–Crippen MR) is 173 cm³/mol. The van der Waals surface area contributed by atoms with Crippen molar-refractivity contribution in [2.75, 3.05) is 19.4 Å². The SMILES string of the molecule is CCC(COC(=O)CCC(=O)NC)NC(=O)CCC(=O)CCCC[C@@H]1SC[C@H]2[C@@H]1NC(=O)N2C(=O)c1ccc(C(C)(C)C)cc1. The fourth-order valence-corrected chi connectivity index (χ4v) is 7.03. The van der Waals surface area contributed by atoms with E-state index in [4.69, 9.17) is 4.74 Å². The molecule has 45 heavy (non-hydrogen) atoms. The normalized spacial score (nSPS) is 19.8. The first-order valence-corrected chi connectivity index (χ1v) is 16.9. The van der Waals surface area contributed by atoms with Crippen LogP contribution in [0.3, 0.4) is 0 Å². The van der Waals surface area contributed by atoms with Gasteiger partial charge in [0.25, 0.3) is 5.91 Å². The number of carbonyl (C=O) groups is 6. The van der Waals surface area contributed by atoms with Gasteiger partial charge in [-0.3, -0.25) is 28.9 Å². The Morgan fingerprint density at radius 2 is 1.69 bits per heavy atom. The summed E-state index contributed by atoms with van der Waals surface area (Å²) in [6.45, 7) is 8.21. The zero-order valence-electron chi connectivity index (χ0n) is 27.1. The molecule has 1 unspecified atom stereocenters. The Kier molecular flexibility index (Phi) is 13.4. The Labute approximate surface area is 270 Å². The molecule has 3 N–H and O–H groups in total. The second-order valence-electron chi connectivity index (χ2n) is 12.7. The molecule has 3 rings (SSSR count). The molecule has 0 aromatic heterocycles. The van der Waals surface area contributed by atoms with Crippen molar-refractivity contribution in [3.05, 3.63) is 35.4 Å². The molecule has 12 heteroatoms. The number of thioether (sulfide) groups is 1. The van der Waals surface area contributed by atoms with Gasteiger partial charge >= 0.3 is 12.0 Å². The minimum absolute atomic E-state index is 0.0131. The summed E-state index contributed by atoms with van der Waals surface area (Å²) in [5, 5.41) is 8.43. The minimum Gasteiger partial charge on any atom is -0.463 e. The lowest BCUT2D eigenvalue weighted by molar-refractivity contribution is -0.146. The molecular formula is C33H48N4O7S. The fraction of sp³-hybridized carbons (Fsp3) is 0.636. The van der Waals surface area contributed by atoms with Crippen molar-refractivity contribution >= 4 is 47.3 Å². The highest BCUT2D eigenvalue weighted by Crippen LogP contribution is 2.37. The molecule has 2 aliphatic heterocycles.